The Labute approximate surface area is 109 Å². The highest BCUT2D eigenvalue weighted by molar-refractivity contribution is 5.46. The van der Waals surface area contributed by atoms with E-state index in [1.807, 2.05) is 6.92 Å². The minimum Gasteiger partial charge on any atom is -0.393 e. The van der Waals surface area contributed by atoms with E-state index in [4.69, 9.17) is 0 Å². The normalized spacial score (nSPS) is 16.8. The molecule has 18 heavy (non-hydrogen) atoms. The van der Waals surface area contributed by atoms with Crippen LogP contribution in [0.4, 0.5) is 5.82 Å². The van der Waals surface area contributed by atoms with Crippen molar-refractivity contribution in [3.8, 4) is 0 Å². The maximum Gasteiger partial charge on any atom is 0.132 e. The number of fused-ring (bicyclic) bond motifs is 1. The van der Waals surface area contributed by atoms with Gasteiger partial charge in [0.05, 0.1) is 6.10 Å². The second-order valence-corrected chi connectivity index (χ2v) is 5.13. The van der Waals surface area contributed by atoms with E-state index in [0.717, 1.165) is 38.0 Å². The first-order valence-electron chi connectivity index (χ1n) is 7.02. The molecule has 0 spiro atoms. The molecular weight excluding hydrogens is 226 g/mol. The first-order chi connectivity index (χ1) is 8.77. The van der Waals surface area contributed by atoms with E-state index in [0.29, 0.717) is 0 Å². The molecule has 100 valence electrons. The Morgan fingerprint density at radius 3 is 2.94 bits per heavy atom. The summed E-state index contributed by atoms with van der Waals surface area (Å²) in [7, 11) is 0. The predicted molar refractivity (Wildman–Crippen MR) is 72.7 cm³/mol. The molecule has 0 bridgehead atoms. The standard InChI is InChI=1S/C14H23N3O/c1-11(18)6-5-9-15-14-12-7-3-2-4-8-13(12)16-10-17-14/h10-11,18H,2-9H2,1H3,(H,15,16,17). The third kappa shape index (κ3) is 3.67. The number of aliphatic hydroxyl groups is 1. The summed E-state index contributed by atoms with van der Waals surface area (Å²) in [6, 6.07) is 0. The van der Waals surface area contributed by atoms with Crippen LogP contribution < -0.4 is 5.32 Å². The molecule has 4 nitrogen and oxygen atoms in total. The third-order valence-electron chi connectivity index (χ3n) is 3.47. The van der Waals surface area contributed by atoms with Gasteiger partial charge >= 0.3 is 0 Å². The van der Waals surface area contributed by atoms with Crippen LogP contribution in [0.3, 0.4) is 0 Å². The van der Waals surface area contributed by atoms with Gasteiger partial charge in [0.1, 0.15) is 12.1 Å². The van der Waals surface area contributed by atoms with Crippen molar-refractivity contribution in [1.82, 2.24) is 9.97 Å². The van der Waals surface area contributed by atoms with E-state index in [-0.39, 0.29) is 6.10 Å². The maximum atomic E-state index is 9.23. The van der Waals surface area contributed by atoms with Crippen LogP contribution in [-0.4, -0.2) is 27.7 Å². The fraction of sp³-hybridized carbons (Fsp3) is 0.714. The molecule has 0 saturated carbocycles. The van der Waals surface area contributed by atoms with Crippen LogP contribution in [0.5, 0.6) is 0 Å². The van der Waals surface area contributed by atoms with Crippen LogP contribution in [0.2, 0.25) is 0 Å². The highest BCUT2D eigenvalue weighted by Gasteiger charge is 2.13. The summed E-state index contributed by atoms with van der Waals surface area (Å²) in [4.78, 5) is 8.77. The van der Waals surface area contributed by atoms with Crippen LogP contribution in [0.15, 0.2) is 6.33 Å². The van der Waals surface area contributed by atoms with Crippen LogP contribution in [-0.2, 0) is 12.8 Å². The lowest BCUT2D eigenvalue weighted by atomic mass is 10.1. The molecule has 1 aliphatic rings. The Kier molecular flexibility index (Phi) is 4.93. The highest BCUT2D eigenvalue weighted by Crippen LogP contribution is 2.23. The number of hydrogen-bond donors (Lipinski definition) is 2. The molecule has 2 N–H and O–H groups in total. The molecule has 0 aliphatic heterocycles. The summed E-state index contributed by atoms with van der Waals surface area (Å²) < 4.78 is 0. The molecule has 0 amide bonds. The zero-order valence-electron chi connectivity index (χ0n) is 11.2. The first-order valence-corrected chi connectivity index (χ1v) is 7.02. The summed E-state index contributed by atoms with van der Waals surface area (Å²) in [6.45, 7) is 2.70. The maximum absolute atomic E-state index is 9.23. The summed E-state index contributed by atoms with van der Waals surface area (Å²) in [5, 5.41) is 12.6. The Balaban J connectivity index is 1.95. The van der Waals surface area contributed by atoms with E-state index >= 15 is 0 Å². The molecule has 2 rings (SSSR count). The molecule has 1 aromatic rings. The van der Waals surface area contributed by atoms with Crippen molar-refractivity contribution in [2.24, 2.45) is 0 Å². The van der Waals surface area contributed by atoms with E-state index in [2.05, 4.69) is 15.3 Å². The molecule has 1 atom stereocenters. The molecule has 1 unspecified atom stereocenters. The monoisotopic (exact) mass is 249 g/mol. The van der Waals surface area contributed by atoms with Gasteiger partial charge in [0, 0.05) is 17.8 Å². The quantitative estimate of drug-likeness (QED) is 0.621. The predicted octanol–water partition coefficient (Wildman–Crippen LogP) is 2.32. The van der Waals surface area contributed by atoms with Crippen molar-refractivity contribution < 1.29 is 5.11 Å². The molecule has 0 aromatic carbocycles. The van der Waals surface area contributed by atoms with Crippen LogP contribution in [0.25, 0.3) is 0 Å². The lowest BCUT2D eigenvalue weighted by Gasteiger charge is -2.12. The smallest absolute Gasteiger partial charge is 0.132 e. The average molecular weight is 249 g/mol. The van der Waals surface area contributed by atoms with E-state index in [1.54, 1.807) is 6.33 Å². The molecule has 1 aliphatic carbocycles. The topological polar surface area (TPSA) is 58.0 Å². The number of nitrogens with zero attached hydrogens (tertiary/aromatic N) is 2. The van der Waals surface area contributed by atoms with Gasteiger partial charge in [0.2, 0.25) is 0 Å². The second kappa shape index (κ2) is 6.69. The van der Waals surface area contributed by atoms with Crippen molar-refractivity contribution in [3.63, 3.8) is 0 Å². The molecule has 1 aromatic heterocycles. The van der Waals surface area contributed by atoms with Gasteiger partial charge in [-0.1, -0.05) is 6.42 Å². The minimum absolute atomic E-state index is 0.214. The molecule has 4 heteroatoms. The van der Waals surface area contributed by atoms with Gasteiger partial charge in [0.25, 0.3) is 0 Å². The van der Waals surface area contributed by atoms with Crippen LogP contribution >= 0.6 is 0 Å². The lowest BCUT2D eigenvalue weighted by molar-refractivity contribution is 0.183. The SMILES string of the molecule is CC(O)CCCNc1ncnc2c1CCCCC2. The van der Waals surface area contributed by atoms with Gasteiger partial charge in [-0.05, 0) is 45.4 Å². The van der Waals surface area contributed by atoms with Crippen LogP contribution in [0, 0.1) is 0 Å². The zero-order valence-corrected chi connectivity index (χ0v) is 11.2. The number of hydrogen-bond acceptors (Lipinski definition) is 4. The highest BCUT2D eigenvalue weighted by atomic mass is 16.3. The summed E-state index contributed by atoms with van der Waals surface area (Å²) in [6.07, 6.45) is 9.20. The van der Waals surface area contributed by atoms with Gasteiger partial charge in [-0.25, -0.2) is 9.97 Å². The number of aryl methyl sites for hydroxylation is 1. The minimum atomic E-state index is -0.214. The fourth-order valence-corrected chi connectivity index (χ4v) is 2.45. The number of nitrogens with one attached hydrogen (secondary N) is 1. The summed E-state index contributed by atoms with van der Waals surface area (Å²) in [5.74, 6) is 1.01. The second-order valence-electron chi connectivity index (χ2n) is 5.13. The van der Waals surface area contributed by atoms with Gasteiger partial charge < -0.3 is 10.4 Å². The van der Waals surface area contributed by atoms with E-state index in [1.165, 1.54) is 30.5 Å². The number of rotatable bonds is 5. The molecular formula is C14H23N3O. The Bertz CT molecular complexity index is 379. The van der Waals surface area contributed by atoms with Gasteiger partial charge in [-0.3, -0.25) is 0 Å². The summed E-state index contributed by atoms with van der Waals surface area (Å²) >= 11 is 0. The number of aromatic nitrogens is 2. The number of aliphatic hydroxyl groups excluding tert-OH is 1. The average Bonchev–Trinajstić information content (AvgIpc) is 2.60. The van der Waals surface area contributed by atoms with Crippen molar-refractivity contribution >= 4 is 5.82 Å². The Hall–Kier alpha value is -1.16. The van der Waals surface area contributed by atoms with Gasteiger partial charge in [0.15, 0.2) is 0 Å². The third-order valence-corrected chi connectivity index (χ3v) is 3.47. The summed E-state index contributed by atoms with van der Waals surface area (Å²) in [5.41, 5.74) is 2.53. The van der Waals surface area contributed by atoms with Crippen molar-refractivity contribution in [1.29, 1.82) is 0 Å². The first kappa shape index (κ1) is 13.3. The Morgan fingerprint density at radius 1 is 1.28 bits per heavy atom. The lowest BCUT2D eigenvalue weighted by Crippen LogP contribution is -2.11. The molecule has 0 fully saturated rings. The largest absolute Gasteiger partial charge is 0.393 e. The van der Waals surface area contributed by atoms with Crippen molar-refractivity contribution in [3.05, 3.63) is 17.6 Å². The molecule has 0 radical (unpaired) electrons. The molecule has 0 saturated heterocycles. The zero-order chi connectivity index (χ0) is 12.8. The van der Waals surface area contributed by atoms with E-state index < -0.39 is 0 Å². The Morgan fingerprint density at radius 2 is 2.11 bits per heavy atom. The van der Waals surface area contributed by atoms with E-state index in [9.17, 15) is 5.11 Å². The van der Waals surface area contributed by atoms with Gasteiger partial charge in [-0.2, -0.15) is 0 Å². The van der Waals surface area contributed by atoms with Crippen molar-refractivity contribution in [2.45, 2.75) is 58.0 Å². The molecule has 1 heterocycles. The number of anilines is 1. The van der Waals surface area contributed by atoms with Crippen LogP contribution in [0.1, 0.15) is 50.3 Å². The van der Waals surface area contributed by atoms with Crippen molar-refractivity contribution in [2.75, 3.05) is 11.9 Å². The fourth-order valence-electron chi connectivity index (χ4n) is 2.45. The van der Waals surface area contributed by atoms with Gasteiger partial charge in [-0.15, -0.1) is 0 Å².